The predicted octanol–water partition coefficient (Wildman–Crippen LogP) is 3.79. The molecular weight excluding hydrogens is 371 g/mol. The van der Waals surface area contributed by atoms with E-state index in [1.54, 1.807) is 0 Å². The Morgan fingerprint density at radius 2 is 1.90 bits per heavy atom. The molecule has 0 aliphatic carbocycles. The molecule has 0 amide bonds. The molecule has 1 unspecified atom stereocenters. The van der Waals surface area contributed by atoms with Crippen molar-refractivity contribution in [1.29, 1.82) is 0 Å². The van der Waals surface area contributed by atoms with Gasteiger partial charge in [-0.05, 0) is 30.9 Å². The summed E-state index contributed by atoms with van der Waals surface area (Å²) in [7, 11) is -4.16. The van der Waals surface area contributed by atoms with Crippen molar-refractivity contribution in [3.63, 3.8) is 0 Å². The highest BCUT2D eigenvalue weighted by Gasteiger charge is 2.36. The van der Waals surface area contributed by atoms with Crippen LogP contribution in [0.2, 0.25) is 0 Å². The SMILES string of the molecule is CC(CBr)CCCNS(=O)(=O)c1ccccc1C(F)(F)F. The lowest BCUT2D eigenvalue weighted by molar-refractivity contribution is -0.139. The molecule has 0 spiro atoms. The Morgan fingerprint density at radius 1 is 1.29 bits per heavy atom. The van der Waals surface area contributed by atoms with Crippen molar-refractivity contribution in [2.45, 2.75) is 30.8 Å². The molecule has 0 fully saturated rings. The van der Waals surface area contributed by atoms with Crippen molar-refractivity contribution in [3.8, 4) is 0 Å². The highest BCUT2D eigenvalue weighted by atomic mass is 79.9. The van der Waals surface area contributed by atoms with E-state index in [-0.39, 0.29) is 6.54 Å². The van der Waals surface area contributed by atoms with Crippen LogP contribution in [0.3, 0.4) is 0 Å². The van der Waals surface area contributed by atoms with Gasteiger partial charge in [-0.25, -0.2) is 13.1 Å². The zero-order valence-corrected chi connectivity index (χ0v) is 13.9. The number of sulfonamides is 1. The summed E-state index contributed by atoms with van der Waals surface area (Å²) in [6.45, 7) is 2.12. The Kier molecular flexibility index (Phi) is 6.68. The van der Waals surface area contributed by atoms with Crippen LogP contribution in [-0.4, -0.2) is 20.3 Å². The van der Waals surface area contributed by atoms with Gasteiger partial charge in [0.05, 0.1) is 10.5 Å². The summed E-state index contributed by atoms with van der Waals surface area (Å²) in [6, 6.07) is 4.17. The highest BCUT2D eigenvalue weighted by molar-refractivity contribution is 9.09. The molecule has 0 radical (unpaired) electrons. The van der Waals surface area contributed by atoms with E-state index in [2.05, 4.69) is 20.7 Å². The number of hydrogen-bond donors (Lipinski definition) is 1. The highest BCUT2D eigenvalue weighted by Crippen LogP contribution is 2.33. The lowest BCUT2D eigenvalue weighted by Crippen LogP contribution is -2.27. The Balaban J connectivity index is 2.80. The fourth-order valence-electron chi connectivity index (χ4n) is 1.75. The predicted molar refractivity (Wildman–Crippen MR) is 78.8 cm³/mol. The lowest BCUT2D eigenvalue weighted by Gasteiger charge is -2.14. The van der Waals surface area contributed by atoms with Crippen molar-refractivity contribution in [2.75, 3.05) is 11.9 Å². The van der Waals surface area contributed by atoms with Gasteiger partial charge in [-0.1, -0.05) is 35.0 Å². The van der Waals surface area contributed by atoms with Crippen LogP contribution in [-0.2, 0) is 16.2 Å². The van der Waals surface area contributed by atoms with E-state index in [1.807, 2.05) is 6.92 Å². The van der Waals surface area contributed by atoms with Crippen LogP contribution in [0.15, 0.2) is 29.2 Å². The second kappa shape index (κ2) is 7.60. The number of hydrogen-bond acceptors (Lipinski definition) is 2. The van der Waals surface area contributed by atoms with Crippen molar-refractivity contribution < 1.29 is 21.6 Å². The van der Waals surface area contributed by atoms with Gasteiger partial charge < -0.3 is 0 Å². The summed E-state index contributed by atoms with van der Waals surface area (Å²) >= 11 is 3.31. The van der Waals surface area contributed by atoms with E-state index < -0.39 is 26.7 Å². The quantitative estimate of drug-likeness (QED) is 0.571. The minimum absolute atomic E-state index is 0.117. The van der Waals surface area contributed by atoms with Gasteiger partial charge in [0.25, 0.3) is 0 Å². The maximum absolute atomic E-state index is 12.8. The summed E-state index contributed by atoms with van der Waals surface area (Å²) in [5.74, 6) is 0.386. The monoisotopic (exact) mass is 387 g/mol. The maximum Gasteiger partial charge on any atom is 0.417 e. The summed E-state index contributed by atoms with van der Waals surface area (Å²) in [4.78, 5) is -0.731. The van der Waals surface area contributed by atoms with E-state index in [4.69, 9.17) is 0 Å². The van der Waals surface area contributed by atoms with E-state index in [0.29, 0.717) is 12.3 Å². The van der Waals surface area contributed by atoms with Crippen molar-refractivity contribution in [1.82, 2.24) is 4.72 Å². The number of benzene rings is 1. The Morgan fingerprint density at radius 3 is 2.48 bits per heavy atom. The molecule has 120 valence electrons. The lowest BCUT2D eigenvalue weighted by atomic mass is 10.1. The van der Waals surface area contributed by atoms with Crippen molar-refractivity contribution >= 4 is 26.0 Å². The largest absolute Gasteiger partial charge is 0.417 e. The molecule has 0 saturated heterocycles. The fourth-order valence-corrected chi connectivity index (χ4v) is 3.37. The van der Waals surface area contributed by atoms with E-state index in [0.717, 1.165) is 23.9 Å². The van der Waals surface area contributed by atoms with Gasteiger partial charge in [0.2, 0.25) is 10.0 Å². The third kappa shape index (κ3) is 5.60. The van der Waals surface area contributed by atoms with Crippen LogP contribution < -0.4 is 4.72 Å². The van der Waals surface area contributed by atoms with Gasteiger partial charge >= 0.3 is 6.18 Å². The molecule has 0 aromatic heterocycles. The average Bonchev–Trinajstić information content (AvgIpc) is 2.42. The first kappa shape index (κ1) is 18.4. The third-order valence-corrected chi connectivity index (χ3v) is 5.54. The molecule has 1 atom stereocenters. The summed E-state index contributed by atoms with van der Waals surface area (Å²) in [5, 5.41) is 0.802. The zero-order chi connectivity index (χ0) is 16.1. The Hall–Kier alpha value is -0.600. The maximum atomic E-state index is 12.8. The van der Waals surface area contributed by atoms with Gasteiger partial charge in [-0.15, -0.1) is 0 Å². The van der Waals surface area contributed by atoms with Crippen LogP contribution in [0.1, 0.15) is 25.3 Å². The molecule has 0 bridgehead atoms. The molecule has 1 rings (SSSR count). The minimum Gasteiger partial charge on any atom is -0.211 e. The first-order chi connectivity index (χ1) is 9.68. The second-order valence-corrected chi connectivity index (χ2v) is 7.18. The molecule has 21 heavy (non-hydrogen) atoms. The molecule has 0 heterocycles. The number of nitrogens with one attached hydrogen (secondary N) is 1. The molecule has 0 aliphatic heterocycles. The second-order valence-electron chi connectivity index (χ2n) is 4.79. The van der Waals surface area contributed by atoms with E-state index >= 15 is 0 Å². The fraction of sp³-hybridized carbons (Fsp3) is 0.538. The van der Waals surface area contributed by atoms with E-state index in [1.165, 1.54) is 12.1 Å². The van der Waals surface area contributed by atoms with Crippen LogP contribution in [0.25, 0.3) is 0 Å². The third-order valence-electron chi connectivity index (χ3n) is 2.91. The molecule has 3 nitrogen and oxygen atoms in total. The normalized spacial score (nSPS) is 14.1. The standard InChI is InChI=1S/C13H17BrF3NO2S/c1-10(9-14)5-4-8-18-21(19,20)12-7-3-2-6-11(12)13(15,16)17/h2-3,6-7,10,18H,4-5,8-9H2,1H3. The summed E-state index contributed by atoms with van der Waals surface area (Å²) in [6.07, 6.45) is -3.34. The molecular formula is C13H17BrF3NO2S. The van der Waals surface area contributed by atoms with Gasteiger partial charge in [0.15, 0.2) is 0 Å². The number of halogens is 4. The zero-order valence-electron chi connectivity index (χ0n) is 11.5. The van der Waals surface area contributed by atoms with Crippen LogP contribution in [0.4, 0.5) is 13.2 Å². The molecule has 8 heteroatoms. The molecule has 1 aromatic rings. The Bertz CT molecular complexity index is 561. The topological polar surface area (TPSA) is 46.2 Å². The summed E-state index contributed by atoms with van der Waals surface area (Å²) in [5.41, 5.74) is -1.15. The minimum atomic E-state index is -4.70. The number of alkyl halides is 4. The molecule has 1 aromatic carbocycles. The first-order valence-corrected chi connectivity index (χ1v) is 9.01. The smallest absolute Gasteiger partial charge is 0.211 e. The average molecular weight is 388 g/mol. The van der Waals surface area contributed by atoms with Gasteiger partial charge in [0.1, 0.15) is 0 Å². The number of rotatable bonds is 7. The van der Waals surface area contributed by atoms with Gasteiger partial charge in [-0.3, -0.25) is 0 Å². The van der Waals surface area contributed by atoms with Gasteiger partial charge in [-0.2, -0.15) is 13.2 Å². The molecule has 0 aliphatic rings. The molecule has 1 N–H and O–H groups in total. The first-order valence-electron chi connectivity index (χ1n) is 6.40. The van der Waals surface area contributed by atoms with Crippen molar-refractivity contribution in [2.24, 2.45) is 5.92 Å². The van der Waals surface area contributed by atoms with E-state index in [9.17, 15) is 21.6 Å². The van der Waals surface area contributed by atoms with Crippen LogP contribution in [0.5, 0.6) is 0 Å². The summed E-state index contributed by atoms with van der Waals surface area (Å²) < 4.78 is 64.7. The van der Waals surface area contributed by atoms with Crippen LogP contribution >= 0.6 is 15.9 Å². The van der Waals surface area contributed by atoms with Crippen LogP contribution in [0, 0.1) is 5.92 Å². The molecule has 0 saturated carbocycles. The van der Waals surface area contributed by atoms with Crippen molar-refractivity contribution in [3.05, 3.63) is 29.8 Å². The van der Waals surface area contributed by atoms with Gasteiger partial charge in [0, 0.05) is 11.9 Å². The Labute approximate surface area is 131 Å².